The number of nitrogens with zero attached hydrogens (tertiary/aromatic N) is 2. The van der Waals surface area contributed by atoms with Gasteiger partial charge in [-0.25, -0.2) is 9.38 Å². The third kappa shape index (κ3) is 3.07. The van der Waals surface area contributed by atoms with Crippen molar-refractivity contribution in [2.45, 2.75) is 0 Å². The third-order valence-corrected chi connectivity index (χ3v) is 5.68. The summed E-state index contributed by atoms with van der Waals surface area (Å²) in [5, 5.41) is 0. The van der Waals surface area contributed by atoms with Crippen molar-refractivity contribution in [3.05, 3.63) is 61.3 Å². The summed E-state index contributed by atoms with van der Waals surface area (Å²) in [5.41, 5.74) is 2.32. The number of fused-ring (bicyclic) bond motifs is 3. The molecule has 0 aliphatic rings. The van der Waals surface area contributed by atoms with Gasteiger partial charge in [0.25, 0.3) is 5.56 Å². The molecule has 134 valence electrons. The largest absolute Gasteiger partial charge is 0.493 e. The van der Waals surface area contributed by atoms with Crippen LogP contribution in [0, 0.1) is 12.3 Å². The van der Waals surface area contributed by atoms with E-state index in [4.69, 9.17) is 15.9 Å². The van der Waals surface area contributed by atoms with E-state index in [2.05, 4.69) is 26.8 Å². The fourth-order valence-corrected chi connectivity index (χ4v) is 4.22. The van der Waals surface area contributed by atoms with Crippen LogP contribution in [0.15, 0.2) is 45.7 Å². The zero-order valence-electron chi connectivity index (χ0n) is 14.2. The molecule has 27 heavy (non-hydrogen) atoms. The summed E-state index contributed by atoms with van der Waals surface area (Å²) in [6, 6.07) is 11.2. The van der Waals surface area contributed by atoms with Crippen LogP contribution in [0.2, 0.25) is 0 Å². The van der Waals surface area contributed by atoms with Crippen molar-refractivity contribution in [3.63, 3.8) is 0 Å². The molecule has 0 atom stereocenters. The highest BCUT2D eigenvalue weighted by molar-refractivity contribution is 9.10. The number of methoxy groups -OCH3 is 1. The SMILES string of the molecule is C#CCOc1cc(Br)c(/C=c2\sc3nc4ccccc4n3c2=O)cc1OC. The molecule has 0 aliphatic carbocycles. The van der Waals surface area contributed by atoms with Crippen LogP contribution < -0.4 is 19.6 Å². The number of terminal acetylenes is 1. The monoisotopic (exact) mass is 440 g/mol. The van der Waals surface area contributed by atoms with Gasteiger partial charge in [0.05, 0.1) is 22.7 Å². The molecule has 0 spiro atoms. The van der Waals surface area contributed by atoms with E-state index in [1.807, 2.05) is 30.3 Å². The average molecular weight is 441 g/mol. The van der Waals surface area contributed by atoms with E-state index in [0.717, 1.165) is 21.1 Å². The molecule has 5 nitrogen and oxygen atoms in total. The molecule has 0 N–H and O–H groups in total. The van der Waals surface area contributed by atoms with Crippen molar-refractivity contribution in [2.24, 2.45) is 0 Å². The van der Waals surface area contributed by atoms with Crippen LogP contribution in [0.1, 0.15) is 5.56 Å². The Kier molecular flexibility index (Phi) is 4.60. The second-order valence-corrected chi connectivity index (χ2v) is 7.52. The first-order valence-electron chi connectivity index (χ1n) is 7.98. The van der Waals surface area contributed by atoms with Crippen molar-refractivity contribution in [1.82, 2.24) is 9.38 Å². The van der Waals surface area contributed by atoms with Gasteiger partial charge in [0.2, 0.25) is 0 Å². The molecule has 0 amide bonds. The Morgan fingerprint density at radius 3 is 2.93 bits per heavy atom. The quantitative estimate of drug-likeness (QED) is 0.457. The smallest absolute Gasteiger partial charge is 0.274 e. The van der Waals surface area contributed by atoms with Gasteiger partial charge in [-0.1, -0.05) is 45.3 Å². The Morgan fingerprint density at radius 1 is 1.33 bits per heavy atom. The van der Waals surface area contributed by atoms with Crippen LogP contribution in [0.4, 0.5) is 0 Å². The van der Waals surface area contributed by atoms with Gasteiger partial charge in [-0.15, -0.1) is 6.42 Å². The second-order valence-electron chi connectivity index (χ2n) is 5.65. The van der Waals surface area contributed by atoms with Crippen LogP contribution in [-0.2, 0) is 0 Å². The summed E-state index contributed by atoms with van der Waals surface area (Å²) in [5.74, 6) is 3.50. The van der Waals surface area contributed by atoms with Gasteiger partial charge in [-0.3, -0.25) is 4.79 Å². The molecular weight excluding hydrogens is 428 g/mol. The minimum atomic E-state index is -0.0952. The second kappa shape index (κ2) is 7.06. The summed E-state index contributed by atoms with van der Waals surface area (Å²) in [7, 11) is 1.56. The predicted molar refractivity (Wildman–Crippen MR) is 111 cm³/mol. The minimum Gasteiger partial charge on any atom is -0.493 e. The van der Waals surface area contributed by atoms with Crippen molar-refractivity contribution < 1.29 is 9.47 Å². The normalized spacial score (nSPS) is 11.8. The number of halogens is 1. The van der Waals surface area contributed by atoms with E-state index in [9.17, 15) is 4.79 Å². The number of imidazole rings is 1. The molecule has 0 aliphatic heterocycles. The van der Waals surface area contributed by atoms with E-state index in [1.54, 1.807) is 23.6 Å². The first-order valence-corrected chi connectivity index (χ1v) is 9.59. The number of hydrogen-bond donors (Lipinski definition) is 0. The summed E-state index contributed by atoms with van der Waals surface area (Å²) < 4.78 is 13.9. The van der Waals surface area contributed by atoms with E-state index in [-0.39, 0.29) is 12.2 Å². The van der Waals surface area contributed by atoms with E-state index < -0.39 is 0 Å². The fraction of sp³-hybridized carbons (Fsp3) is 0.100. The van der Waals surface area contributed by atoms with E-state index in [1.165, 1.54) is 11.3 Å². The molecule has 2 aromatic heterocycles. The molecule has 0 unspecified atom stereocenters. The molecule has 2 aromatic carbocycles. The van der Waals surface area contributed by atoms with Gasteiger partial charge < -0.3 is 9.47 Å². The lowest BCUT2D eigenvalue weighted by Crippen LogP contribution is -2.22. The maximum atomic E-state index is 12.9. The first-order chi connectivity index (χ1) is 13.1. The summed E-state index contributed by atoms with van der Waals surface area (Å²) in [6.07, 6.45) is 7.06. The number of para-hydroxylation sites is 2. The number of aromatic nitrogens is 2. The number of rotatable bonds is 4. The molecule has 0 fully saturated rings. The molecule has 7 heteroatoms. The topological polar surface area (TPSA) is 52.8 Å². The lowest BCUT2D eigenvalue weighted by Gasteiger charge is -2.10. The molecule has 0 radical (unpaired) electrons. The number of ether oxygens (including phenoxy) is 2. The van der Waals surface area contributed by atoms with Crippen LogP contribution in [-0.4, -0.2) is 23.1 Å². The molecule has 0 saturated heterocycles. The van der Waals surface area contributed by atoms with E-state index >= 15 is 0 Å². The van der Waals surface area contributed by atoms with Crippen molar-refractivity contribution >= 4 is 49.3 Å². The number of thiazole rings is 1. The highest BCUT2D eigenvalue weighted by Crippen LogP contribution is 2.34. The summed E-state index contributed by atoms with van der Waals surface area (Å²) in [6.45, 7) is 0.145. The Balaban J connectivity index is 1.87. The number of hydrogen-bond acceptors (Lipinski definition) is 5. The summed E-state index contributed by atoms with van der Waals surface area (Å²) in [4.78, 5) is 18.1. The molecule has 4 aromatic rings. The van der Waals surface area contributed by atoms with Gasteiger partial charge in [-0.05, 0) is 35.9 Å². The van der Waals surface area contributed by atoms with Crippen molar-refractivity contribution in [3.8, 4) is 23.8 Å². The average Bonchev–Trinajstić information content (AvgIpc) is 3.18. The van der Waals surface area contributed by atoms with Gasteiger partial charge >= 0.3 is 0 Å². The molecular formula is C20H13BrN2O3S. The molecule has 2 heterocycles. The van der Waals surface area contributed by atoms with Crippen LogP contribution in [0.25, 0.3) is 22.1 Å². The zero-order valence-corrected chi connectivity index (χ0v) is 16.6. The lowest BCUT2D eigenvalue weighted by atomic mass is 10.2. The van der Waals surface area contributed by atoms with Gasteiger partial charge in [0.1, 0.15) is 6.61 Å². The molecule has 0 saturated carbocycles. The van der Waals surface area contributed by atoms with Crippen LogP contribution in [0.3, 0.4) is 0 Å². The molecule has 0 bridgehead atoms. The maximum Gasteiger partial charge on any atom is 0.274 e. The standard InChI is InChI=1S/C20H13BrN2O3S/c1-3-8-26-17-11-13(21)12(9-16(17)25-2)10-18-19(24)23-15-7-5-4-6-14(15)22-20(23)27-18/h1,4-7,9-11H,8H2,2H3/b18-10-. The third-order valence-electron chi connectivity index (χ3n) is 4.03. The van der Waals surface area contributed by atoms with Crippen molar-refractivity contribution in [1.29, 1.82) is 0 Å². The Labute approximate surface area is 167 Å². The Hall–Kier alpha value is -2.82. The predicted octanol–water partition coefficient (Wildman–Crippen LogP) is 3.24. The van der Waals surface area contributed by atoms with Crippen LogP contribution >= 0.6 is 27.3 Å². The van der Waals surface area contributed by atoms with Crippen molar-refractivity contribution in [2.75, 3.05) is 13.7 Å². The number of benzene rings is 2. The van der Waals surface area contributed by atoms with E-state index in [0.29, 0.717) is 21.0 Å². The van der Waals surface area contributed by atoms with Gasteiger partial charge in [-0.2, -0.15) is 0 Å². The summed E-state index contributed by atoms with van der Waals surface area (Å²) >= 11 is 4.87. The first kappa shape index (κ1) is 17.6. The van der Waals surface area contributed by atoms with Gasteiger partial charge in [0, 0.05) is 4.47 Å². The Bertz CT molecular complexity index is 1320. The minimum absolute atomic E-state index is 0.0952. The molecule has 4 rings (SSSR count). The highest BCUT2D eigenvalue weighted by Gasteiger charge is 2.13. The zero-order chi connectivity index (χ0) is 19.0. The highest BCUT2D eigenvalue weighted by atomic mass is 79.9. The van der Waals surface area contributed by atoms with Gasteiger partial charge in [0.15, 0.2) is 16.5 Å². The Morgan fingerprint density at radius 2 is 2.15 bits per heavy atom. The fourth-order valence-electron chi connectivity index (χ4n) is 2.81. The lowest BCUT2D eigenvalue weighted by molar-refractivity contribution is 0.330. The van der Waals surface area contributed by atoms with Crippen LogP contribution in [0.5, 0.6) is 11.5 Å². The maximum absolute atomic E-state index is 12.9.